The first kappa shape index (κ1) is 13.9. The van der Waals surface area contributed by atoms with Crippen molar-refractivity contribution < 1.29 is 25.9 Å². The first-order valence-corrected chi connectivity index (χ1v) is 8.29. The quantitative estimate of drug-likeness (QED) is 0.437. The summed E-state index contributed by atoms with van der Waals surface area (Å²) >= 11 is -2.19. The molecule has 0 aromatic carbocycles. The van der Waals surface area contributed by atoms with Crippen LogP contribution in [0.2, 0.25) is 0 Å². The van der Waals surface area contributed by atoms with Gasteiger partial charge < -0.3 is 0 Å². The van der Waals surface area contributed by atoms with Crippen molar-refractivity contribution in [2.75, 3.05) is 0 Å². The molecule has 10 heteroatoms. The van der Waals surface area contributed by atoms with E-state index in [0.717, 1.165) is 0 Å². The standard InChI is InChI=1S/Na.H2O6S2Se/c;1-7(2,3)9-8(4,5)6/h;(H,1,2,3)(H,4,5,6). The van der Waals surface area contributed by atoms with Crippen LogP contribution in [0.1, 0.15) is 0 Å². The summed E-state index contributed by atoms with van der Waals surface area (Å²) in [6.45, 7) is 0. The van der Waals surface area contributed by atoms with Gasteiger partial charge in [-0.25, -0.2) is 0 Å². The van der Waals surface area contributed by atoms with E-state index < -0.39 is 29.8 Å². The Morgan fingerprint density at radius 3 is 1.10 bits per heavy atom. The molecule has 0 saturated carbocycles. The molecule has 0 rings (SSSR count). The van der Waals surface area contributed by atoms with Gasteiger partial charge in [-0.3, -0.25) is 0 Å². The molecule has 0 aromatic rings. The van der Waals surface area contributed by atoms with Gasteiger partial charge in [0.05, 0.1) is 0 Å². The van der Waals surface area contributed by atoms with Crippen molar-refractivity contribution in [2.24, 2.45) is 0 Å². The third-order valence-corrected chi connectivity index (χ3v) is 8.04. The Hall–Kier alpha value is 1.34. The van der Waals surface area contributed by atoms with Crippen LogP contribution >= 0.6 is 0 Å². The number of hydrogen-bond donors (Lipinski definition) is 2. The molecule has 0 bridgehead atoms. The number of rotatable bonds is 2. The fraction of sp³-hybridized carbons (Fsp3) is 0. The predicted molar refractivity (Wildman–Crippen MR) is 34.6 cm³/mol. The zero-order chi connectivity index (χ0) is 7.71. The van der Waals surface area contributed by atoms with Crippen molar-refractivity contribution in [2.45, 2.75) is 0 Å². The summed E-state index contributed by atoms with van der Waals surface area (Å²) in [5, 5.41) is 0. The Labute approximate surface area is 84.5 Å². The Bertz CT molecular complexity index is 241. The van der Waals surface area contributed by atoms with Gasteiger partial charge in [-0.15, -0.1) is 0 Å². The van der Waals surface area contributed by atoms with Crippen LogP contribution in [-0.2, 0) is 17.1 Å². The van der Waals surface area contributed by atoms with Crippen molar-refractivity contribution in [3.05, 3.63) is 0 Å². The van der Waals surface area contributed by atoms with Crippen LogP contribution in [0.5, 0.6) is 0 Å². The normalized spacial score (nSPS) is 12.2. The van der Waals surface area contributed by atoms with Crippen LogP contribution in [-0.4, -0.2) is 68.2 Å². The smallest absolute Gasteiger partial charge is 0 e. The third-order valence-electron chi connectivity index (χ3n) is 0.172. The summed E-state index contributed by atoms with van der Waals surface area (Å²) in [5.74, 6) is 0. The molecule has 0 spiro atoms. The van der Waals surface area contributed by atoms with Gasteiger partial charge in [0.2, 0.25) is 0 Å². The molecular formula is H2NaO6S2Se. The summed E-state index contributed by atoms with van der Waals surface area (Å²) < 4.78 is 54.4. The van der Waals surface area contributed by atoms with Gasteiger partial charge >= 0.3 is 55.7 Å². The van der Waals surface area contributed by atoms with E-state index in [2.05, 4.69) is 0 Å². The maximum absolute atomic E-state index is 9.69. The van der Waals surface area contributed by atoms with Crippen molar-refractivity contribution >= 4 is 59.3 Å². The molecule has 0 heterocycles. The summed E-state index contributed by atoms with van der Waals surface area (Å²) in [6.07, 6.45) is 0. The van der Waals surface area contributed by atoms with E-state index in [1.54, 1.807) is 0 Å². The second kappa shape index (κ2) is 4.39. The Morgan fingerprint density at radius 1 is 0.900 bits per heavy atom. The molecule has 2 N–H and O–H groups in total. The van der Waals surface area contributed by atoms with Gasteiger partial charge in [-0.2, -0.15) is 0 Å². The van der Waals surface area contributed by atoms with Gasteiger partial charge in [-0.1, -0.05) is 0 Å². The van der Waals surface area contributed by atoms with Crippen LogP contribution in [0.4, 0.5) is 0 Å². The van der Waals surface area contributed by atoms with E-state index in [1.165, 1.54) is 0 Å². The molecule has 57 valence electrons. The predicted octanol–water partition coefficient (Wildman–Crippen LogP) is -2.08. The molecular weight excluding hydrogens is 262 g/mol. The van der Waals surface area contributed by atoms with Crippen molar-refractivity contribution in [1.29, 1.82) is 0 Å². The summed E-state index contributed by atoms with van der Waals surface area (Å²) in [7, 11) is -9.11. The SMILES string of the molecule is O=S(=O)(O)[Se]S(=O)(=O)O.[Na]. The first-order valence-electron chi connectivity index (χ1n) is 1.37. The molecule has 0 aromatic heterocycles. The third kappa shape index (κ3) is 12.1. The average molecular weight is 264 g/mol. The fourth-order valence-electron chi connectivity index (χ4n) is 0.109. The zero-order valence-corrected chi connectivity index (χ0v) is 10.1. The van der Waals surface area contributed by atoms with Crippen LogP contribution in [0.25, 0.3) is 0 Å². The monoisotopic (exact) mass is 265 g/mol. The Morgan fingerprint density at radius 2 is 1.10 bits per heavy atom. The van der Waals surface area contributed by atoms with E-state index in [0.29, 0.717) is 0 Å². The minimum absolute atomic E-state index is 0. The molecule has 0 saturated heterocycles. The maximum atomic E-state index is 9.69. The first-order chi connectivity index (χ1) is 3.71. The van der Waals surface area contributed by atoms with Crippen molar-refractivity contribution in [3.63, 3.8) is 0 Å². The van der Waals surface area contributed by atoms with E-state index in [9.17, 15) is 16.8 Å². The van der Waals surface area contributed by atoms with Crippen LogP contribution < -0.4 is 0 Å². The van der Waals surface area contributed by atoms with Crippen molar-refractivity contribution in [3.8, 4) is 0 Å². The molecule has 0 aliphatic heterocycles. The molecule has 0 aliphatic carbocycles. The van der Waals surface area contributed by atoms with Gasteiger partial charge in [0.1, 0.15) is 0 Å². The molecule has 6 nitrogen and oxygen atoms in total. The minimum atomic E-state index is -4.56. The average Bonchev–Trinajstić information content (AvgIpc) is 1.14. The molecule has 0 amide bonds. The van der Waals surface area contributed by atoms with Gasteiger partial charge in [0, 0.05) is 29.6 Å². The van der Waals surface area contributed by atoms with E-state index in [4.69, 9.17) is 9.11 Å². The van der Waals surface area contributed by atoms with Crippen LogP contribution in [0, 0.1) is 0 Å². The van der Waals surface area contributed by atoms with Crippen molar-refractivity contribution in [1.82, 2.24) is 0 Å². The van der Waals surface area contributed by atoms with Gasteiger partial charge in [0.15, 0.2) is 0 Å². The molecule has 0 atom stereocenters. The van der Waals surface area contributed by atoms with Crippen LogP contribution in [0.15, 0.2) is 0 Å². The Balaban J connectivity index is 0. The largest absolute Gasteiger partial charge is 0 e. The second-order valence-corrected chi connectivity index (χ2v) is 11.1. The topological polar surface area (TPSA) is 109 Å². The van der Waals surface area contributed by atoms with E-state index in [1.807, 2.05) is 0 Å². The Kier molecular flexibility index (Phi) is 6.10. The zero-order valence-electron chi connectivity index (χ0n) is 4.75. The van der Waals surface area contributed by atoms with Gasteiger partial charge in [0.25, 0.3) is 0 Å². The summed E-state index contributed by atoms with van der Waals surface area (Å²) in [6, 6.07) is 0. The molecule has 0 aliphatic rings. The molecule has 0 fully saturated rings. The molecule has 10 heavy (non-hydrogen) atoms. The summed E-state index contributed by atoms with van der Waals surface area (Å²) in [5.41, 5.74) is 0. The fourth-order valence-corrected chi connectivity index (χ4v) is 5.08. The van der Waals surface area contributed by atoms with Crippen LogP contribution in [0.3, 0.4) is 0 Å². The molecule has 1 radical (unpaired) electrons. The molecule has 0 unspecified atom stereocenters. The summed E-state index contributed by atoms with van der Waals surface area (Å²) in [4.78, 5) is 0. The maximum Gasteiger partial charge on any atom is 0 e. The number of hydrogen-bond acceptors (Lipinski definition) is 4. The van der Waals surface area contributed by atoms with E-state index >= 15 is 0 Å². The second-order valence-electron chi connectivity index (χ2n) is 0.924. The van der Waals surface area contributed by atoms with Gasteiger partial charge in [-0.05, 0) is 0 Å². The van der Waals surface area contributed by atoms with E-state index in [-0.39, 0.29) is 29.6 Å². The minimum Gasteiger partial charge on any atom is 0 e.